The third-order valence-corrected chi connectivity index (χ3v) is 1.76. The van der Waals surface area contributed by atoms with Crippen molar-refractivity contribution < 1.29 is 18.9 Å². The van der Waals surface area contributed by atoms with E-state index in [0.717, 1.165) is 5.57 Å². The van der Waals surface area contributed by atoms with Gasteiger partial charge in [-0.3, -0.25) is 9.79 Å². The monoisotopic (exact) mass is 214 g/mol. The number of hydrogen-bond acceptors (Lipinski definition) is 2. The lowest BCUT2D eigenvalue weighted by atomic mass is 10.2. The molecular formula is C6H12ClO4P. The van der Waals surface area contributed by atoms with E-state index in [-0.39, 0.29) is 11.6 Å². The summed E-state index contributed by atoms with van der Waals surface area (Å²) in [6.45, 7) is 3.41. The van der Waals surface area contributed by atoms with Gasteiger partial charge in [0.05, 0.1) is 0 Å². The van der Waals surface area contributed by atoms with Gasteiger partial charge in [0, 0.05) is 12.3 Å². The molecule has 0 bridgehead atoms. The van der Waals surface area contributed by atoms with Crippen molar-refractivity contribution in [3.8, 4) is 0 Å². The van der Waals surface area contributed by atoms with Crippen LogP contribution in [-0.2, 0) is 9.09 Å². The summed E-state index contributed by atoms with van der Waals surface area (Å²) in [6.07, 6.45) is 0.328. The second kappa shape index (κ2) is 4.87. The van der Waals surface area contributed by atoms with Crippen LogP contribution in [-0.4, -0.2) is 15.7 Å². The Hall–Kier alpha value is -0.0200. The van der Waals surface area contributed by atoms with Crippen molar-refractivity contribution in [2.75, 3.05) is 5.88 Å². The van der Waals surface area contributed by atoms with Crippen LogP contribution in [0.25, 0.3) is 0 Å². The van der Waals surface area contributed by atoms with Gasteiger partial charge in [-0.1, -0.05) is 0 Å². The van der Waals surface area contributed by atoms with Gasteiger partial charge in [0.1, 0.15) is 5.76 Å². The first-order valence-corrected chi connectivity index (χ1v) is 5.40. The van der Waals surface area contributed by atoms with Gasteiger partial charge in [0.15, 0.2) is 0 Å². The van der Waals surface area contributed by atoms with Crippen LogP contribution >= 0.6 is 19.4 Å². The van der Waals surface area contributed by atoms with E-state index < -0.39 is 7.82 Å². The largest absolute Gasteiger partial charge is 0.524 e. The number of halogens is 1. The molecule has 0 atom stereocenters. The van der Waals surface area contributed by atoms with E-state index in [2.05, 4.69) is 4.52 Å². The number of rotatable bonds is 4. The van der Waals surface area contributed by atoms with E-state index in [4.69, 9.17) is 21.4 Å². The molecular weight excluding hydrogens is 202 g/mol. The molecule has 2 N–H and O–H groups in total. The first-order valence-electron chi connectivity index (χ1n) is 3.34. The van der Waals surface area contributed by atoms with Crippen molar-refractivity contribution in [3.05, 3.63) is 11.3 Å². The van der Waals surface area contributed by atoms with Gasteiger partial charge in [0.25, 0.3) is 0 Å². The zero-order valence-electron chi connectivity index (χ0n) is 6.95. The van der Waals surface area contributed by atoms with Gasteiger partial charge in [-0.05, 0) is 19.4 Å². The lowest BCUT2D eigenvalue weighted by molar-refractivity contribution is 0.236. The second-order valence-corrected chi connectivity index (χ2v) is 3.99. The Morgan fingerprint density at radius 3 is 2.25 bits per heavy atom. The Morgan fingerprint density at radius 1 is 1.50 bits per heavy atom. The predicted octanol–water partition coefficient (Wildman–Crippen LogP) is 2.02. The quantitative estimate of drug-likeness (QED) is 0.427. The number of phosphoric acid groups is 1. The van der Waals surface area contributed by atoms with Crippen molar-refractivity contribution in [2.24, 2.45) is 0 Å². The lowest BCUT2D eigenvalue weighted by Crippen LogP contribution is -1.94. The van der Waals surface area contributed by atoms with Crippen LogP contribution in [0.5, 0.6) is 0 Å². The fourth-order valence-electron chi connectivity index (χ4n) is 0.616. The summed E-state index contributed by atoms with van der Waals surface area (Å²) in [4.78, 5) is 17.0. The van der Waals surface area contributed by atoms with E-state index in [1.54, 1.807) is 13.8 Å². The molecule has 0 aliphatic rings. The SMILES string of the molecule is CC(C)=C(CCCl)OP(=O)(O)O. The Kier molecular flexibility index (Phi) is 4.87. The maximum Gasteiger partial charge on any atom is 0.524 e. The van der Waals surface area contributed by atoms with Gasteiger partial charge < -0.3 is 4.52 Å². The van der Waals surface area contributed by atoms with Crippen LogP contribution in [0.15, 0.2) is 11.3 Å². The molecule has 0 aliphatic carbocycles. The maximum atomic E-state index is 10.4. The van der Waals surface area contributed by atoms with E-state index in [1.807, 2.05) is 0 Å². The standard InChI is InChI=1S/C6H12ClO4P/c1-5(2)6(3-4-7)11-12(8,9)10/h3-4H2,1-2H3,(H2,8,9,10). The van der Waals surface area contributed by atoms with Crippen LogP contribution < -0.4 is 0 Å². The molecule has 4 nitrogen and oxygen atoms in total. The second-order valence-electron chi connectivity index (χ2n) is 2.44. The Balaban J connectivity index is 4.37. The summed E-state index contributed by atoms with van der Waals surface area (Å²) in [5, 5.41) is 0. The van der Waals surface area contributed by atoms with E-state index >= 15 is 0 Å². The van der Waals surface area contributed by atoms with Crippen LogP contribution in [0.3, 0.4) is 0 Å². The minimum atomic E-state index is -4.42. The fourth-order valence-corrected chi connectivity index (χ4v) is 1.35. The zero-order chi connectivity index (χ0) is 9.78. The molecule has 0 saturated heterocycles. The molecule has 6 heteroatoms. The molecule has 0 unspecified atom stereocenters. The molecule has 12 heavy (non-hydrogen) atoms. The molecule has 0 amide bonds. The highest BCUT2D eigenvalue weighted by atomic mass is 35.5. The molecule has 0 saturated carbocycles. The number of allylic oxidation sites excluding steroid dienone is 2. The smallest absolute Gasteiger partial charge is 0.409 e. The van der Waals surface area contributed by atoms with Crippen molar-refractivity contribution in [1.82, 2.24) is 0 Å². The average Bonchev–Trinajstić information content (AvgIpc) is 1.83. The molecule has 0 heterocycles. The summed E-state index contributed by atoms with van der Waals surface area (Å²) in [5.41, 5.74) is 0.721. The van der Waals surface area contributed by atoms with Crippen LogP contribution in [0.4, 0.5) is 0 Å². The van der Waals surface area contributed by atoms with Crippen molar-refractivity contribution >= 4 is 19.4 Å². The van der Waals surface area contributed by atoms with E-state index in [0.29, 0.717) is 6.42 Å². The highest BCUT2D eigenvalue weighted by Crippen LogP contribution is 2.40. The summed E-state index contributed by atoms with van der Waals surface area (Å²) < 4.78 is 14.8. The van der Waals surface area contributed by atoms with E-state index in [1.165, 1.54) is 0 Å². The Morgan fingerprint density at radius 2 is 2.00 bits per heavy atom. The number of hydrogen-bond donors (Lipinski definition) is 2. The number of phosphoric ester groups is 1. The van der Waals surface area contributed by atoms with Crippen molar-refractivity contribution in [2.45, 2.75) is 20.3 Å². The van der Waals surface area contributed by atoms with Crippen molar-refractivity contribution in [1.29, 1.82) is 0 Å². The van der Waals surface area contributed by atoms with Gasteiger partial charge in [0.2, 0.25) is 0 Å². The summed E-state index contributed by atoms with van der Waals surface area (Å²) in [7, 11) is -4.42. The molecule has 0 aliphatic heterocycles. The third kappa shape index (κ3) is 5.61. The Bertz CT molecular complexity index is 216. The minimum Gasteiger partial charge on any atom is -0.409 e. The summed E-state index contributed by atoms with van der Waals surface area (Å²) >= 11 is 5.40. The molecule has 0 aromatic heterocycles. The molecule has 0 spiro atoms. The van der Waals surface area contributed by atoms with Gasteiger partial charge in [-0.15, -0.1) is 11.6 Å². The minimum absolute atomic E-state index is 0.262. The molecule has 0 rings (SSSR count). The fraction of sp³-hybridized carbons (Fsp3) is 0.667. The van der Waals surface area contributed by atoms with Gasteiger partial charge in [-0.2, -0.15) is 0 Å². The van der Waals surface area contributed by atoms with Gasteiger partial charge >= 0.3 is 7.82 Å². The normalized spacial score (nSPS) is 11.1. The van der Waals surface area contributed by atoms with Crippen LogP contribution in [0.1, 0.15) is 20.3 Å². The first-order chi connectivity index (χ1) is 5.37. The highest BCUT2D eigenvalue weighted by molar-refractivity contribution is 7.46. The topological polar surface area (TPSA) is 66.8 Å². The molecule has 0 aromatic carbocycles. The van der Waals surface area contributed by atoms with Gasteiger partial charge in [-0.25, -0.2) is 4.57 Å². The molecule has 0 fully saturated rings. The van der Waals surface area contributed by atoms with Crippen LogP contribution in [0.2, 0.25) is 0 Å². The summed E-state index contributed by atoms with van der Waals surface area (Å²) in [6, 6.07) is 0. The average molecular weight is 215 g/mol. The molecule has 72 valence electrons. The lowest BCUT2D eigenvalue weighted by Gasteiger charge is -2.11. The zero-order valence-corrected chi connectivity index (χ0v) is 8.60. The third-order valence-electron chi connectivity index (χ3n) is 1.11. The van der Waals surface area contributed by atoms with E-state index in [9.17, 15) is 4.57 Å². The number of alkyl halides is 1. The van der Waals surface area contributed by atoms with Crippen molar-refractivity contribution in [3.63, 3.8) is 0 Å². The first kappa shape index (κ1) is 12.0. The predicted molar refractivity (Wildman–Crippen MR) is 46.8 cm³/mol. The highest BCUT2D eigenvalue weighted by Gasteiger charge is 2.17. The summed E-state index contributed by atoms with van der Waals surface area (Å²) in [5.74, 6) is 0.541. The van der Waals surface area contributed by atoms with Crippen LogP contribution in [0, 0.1) is 0 Å². The Labute approximate surface area is 76.4 Å². The molecule has 0 radical (unpaired) electrons. The molecule has 0 aromatic rings. The maximum absolute atomic E-state index is 10.4.